The first-order chi connectivity index (χ1) is 11.3. The molecule has 9 heteroatoms. The van der Waals surface area contributed by atoms with Gasteiger partial charge in [-0.25, -0.2) is 12.8 Å². The quantitative estimate of drug-likeness (QED) is 0.761. The highest BCUT2D eigenvalue weighted by atomic mass is 35.5. The van der Waals surface area contributed by atoms with Gasteiger partial charge in [0.25, 0.3) is 15.9 Å². The number of benzene rings is 2. The fourth-order valence-electron chi connectivity index (χ4n) is 1.69. The highest BCUT2D eigenvalue weighted by Gasteiger charge is 2.15. The van der Waals surface area contributed by atoms with Crippen molar-refractivity contribution < 1.29 is 22.3 Å². The molecule has 0 aromatic heterocycles. The first kappa shape index (κ1) is 18.2. The summed E-state index contributed by atoms with van der Waals surface area (Å²) in [6, 6.07) is 9.03. The van der Waals surface area contributed by atoms with Crippen LogP contribution in [0.1, 0.15) is 5.56 Å². The molecule has 0 atom stereocenters. The minimum absolute atomic E-state index is 0.182. The number of halogens is 2. The number of hydrazine groups is 1. The van der Waals surface area contributed by atoms with Gasteiger partial charge in [0.05, 0.1) is 4.90 Å². The average Bonchev–Trinajstić information content (AvgIpc) is 2.54. The van der Waals surface area contributed by atoms with Gasteiger partial charge >= 0.3 is 0 Å². The number of aryl methyl sites for hydroxylation is 1. The van der Waals surface area contributed by atoms with Crippen molar-refractivity contribution in [1.82, 2.24) is 10.3 Å². The second-order valence-electron chi connectivity index (χ2n) is 4.81. The molecule has 0 radical (unpaired) electrons. The van der Waals surface area contributed by atoms with E-state index < -0.39 is 28.4 Å². The Balaban J connectivity index is 1.88. The van der Waals surface area contributed by atoms with Crippen LogP contribution in [-0.4, -0.2) is 20.9 Å². The summed E-state index contributed by atoms with van der Waals surface area (Å²) in [6.45, 7) is 1.39. The zero-order valence-electron chi connectivity index (χ0n) is 12.5. The number of sulfonamides is 1. The molecule has 0 spiro atoms. The van der Waals surface area contributed by atoms with Crippen LogP contribution in [0.25, 0.3) is 0 Å². The maximum Gasteiger partial charge on any atom is 0.272 e. The van der Waals surface area contributed by atoms with Crippen LogP contribution in [0, 0.1) is 12.7 Å². The zero-order valence-corrected chi connectivity index (χ0v) is 14.1. The van der Waals surface area contributed by atoms with E-state index in [4.69, 9.17) is 16.3 Å². The van der Waals surface area contributed by atoms with E-state index in [1.165, 1.54) is 0 Å². The number of carbonyl (C=O) groups excluding carboxylic acids is 1. The number of nitrogens with one attached hydrogen (secondary N) is 2. The summed E-state index contributed by atoms with van der Waals surface area (Å²) >= 11 is 5.88. The second kappa shape index (κ2) is 7.61. The van der Waals surface area contributed by atoms with Crippen molar-refractivity contribution in [1.29, 1.82) is 0 Å². The van der Waals surface area contributed by atoms with Crippen LogP contribution in [0.4, 0.5) is 4.39 Å². The van der Waals surface area contributed by atoms with Crippen molar-refractivity contribution in [2.45, 2.75) is 11.8 Å². The third-order valence-electron chi connectivity index (χ3n) is 2.95. The van der Waals surface area contributed by atoms with Crippen molar-refractivity contribution in [2.24, 2.45) is 0 Å². The Kier molecular flexibility index (Phi) is 5.76. The first-order valence-electron chi connectivity index (χ1n) is 6.73. The van der Waals surface area contributed by atoms with Gasteiger partial charge in [0.1, 0.15) is 11.6 Å². The molecule has 0 bridgehead atoms. The van der Waals surface area contributed by atoms with Crippen molar-refractivity contribution in [3.8, 4) is 5.75 Å². The van der Waals surface area contributed by atoms with Crippen LogP contribution in [0.2, 0.25) is 5.02 Å². The lowest BCUT2D eigenvalue weighted by Gasteiger charge is -2.10. The van der Waals surface area contributed by atoms with Gasteiger partial charge in [-0.1, -0.05) is 11.6 Å². The van der Waals surface area contributed by atoms with Gasteiger partial charge in [0.2, 0.25) is 0 Å². The van der Waals surface area contributed by atoms with Gasteiger partial charge in [0, 0.05) is 5.02 Å². The Bertz CT molecular complexity index is 841. The van der Waals surface area contributed by atoms with Gasteiger partial charge in [-0.2, -0.15) is 0 Å². The summed E-state index contributed by atoms with van der Waals surface area (Å²) in [4.78, 5) is 13.4. The van der Waals surface area contributed by atoms with E-state index in [1.807, 2.05) is 10.3 Å². The van der Waals surface area contributed by atoms with E-state index in [0.717, 1.165) is 29.8 Å². The summed E-state index contributed by atoms with van der Waals surface area (Å²) in [7, 11) is -3.99. The number of ether oxygens (including phenoxy) is 1. The summed E-state index contributed by atoms with van der Waals surface area (Å²) < 4.78 is 41.8. The normalized spacial score (nSPS) is 11.1. The number of hydrogen-bond donors (Lipinski definition) is 2. The molecule has 0 unspecified atom stereocenters. The van der Waals surface area contributed by atoms with Crippen molar-refractivity contribution in [3.63, 3.8) is 0 Å². The third-order valence-corrected chi connectivity index (χ3v) is 4.64. The summed E-state index contributed by atoms with van der Waals surface area (Å²) in [5.74, 6) is -0.841. The highest BCUT2D eigenvalue weighted by Crippen LogP contribution is 2.20. The van der Waals surface area contributed by atoms with Crippen molar-refractivity contribution >= 4 is 27.5 Å². The van der Waals surface area contributed by atoms with Gasteiger partial charge in [-0.05, 0) is 55.0 Å². The van der Waals surface area contributed by atoms with Gasteiger partial charge in [0.15, 0.2) is 6.61 Å². The molecular weight excluding hydrogens is 359 g/mol. The Hall–Kier alpha value is -2.16. The lowest BCUT2D eigenvalue weighted by Crippen LogP contribution is -2.43. The number of rotatable bonds is 6. The van der Waals surface area contributed by atoms with E-state index in [2.05, 4.69) is 0 Å². The average molecular weight is 373 g/mol. The molecule has 2 rings (SSSR count). The molecule has 1 amide bonds. The predicted molar refractivity (Wildman–Crippen MR) is 86.5 cm³/mol. The first-order valence-corrected chi connectivity index (χ1v) is 8.59. The maximum atomic E-state index is 12.8. The van der Waals surface area contributed by atoms with Gasteiger partial charge in [-0.3, -0.25) is 10.2 Å². The molecule has 0 heterocycles. The van der Waals surface area contributed by atoms with E-state index in [9.17, 15) is 17.6 Å². The minimum Gasteiger partial charge on any atom is -0.484 e. The molecule has 0 saturated carbocycles. The maximum absolute atomic E-state index is 12.8. The number of carbonyl (C=O) groups is 1. The zero-order chi connectivity index (χ0) is 17.7. The van der Waals surface area contributed by atoms with E-state index >= 15 is 0 Å². The Morgan fingerprint density at radius 3 is 2.50 bits per heavy atom. The van der Waals surface area contributed by atoms with Crippen LogP contribution in [0.3, 0.4) is 0 Å². The molecular formula is C15H14ClFN2O4S. The predicted octanol–water partition coefficient (Wildman–Crippen LogP) is 2.18. The Labute approximate surface area is 143 Å². The molecule has 2 N–H and O–H groups in total. The molecule has 0 saturated heterocycles. The minimum atomic E-state index is -3.99. The SMILES string of the molecule is Cc1cc(OCC(=O)NNS(=O)(=O)c2ccc(F)cc2)ccc1Cl. The Morgan fingerprint density at radius 1 is 1.21 bits per heavy atom. The number of hydrogen-bond acceptors (Lipinski definition) is 4. The van der Waals surface area contributed by atoms with Crippen LogP contribution in [-0.2, 0) is 14.8 Å². The second-order valence-corrected chi connectivity index (χ2v) is 6.90. The van der Waals surface area contributed by atoms with Crippen LogP contribution >= 0.6 is 11.6 Å². The smallest absolute Gasteiger partial charge is 0.272 e. The largest absolute Gasteiger partial charge is 0.484 e. The van der Waals surface area contributed by atoms with E-state index in [-0.39, 0.29) is 4.90 Å². The van der Waals surface area contributed by atoms with Gasteiger partial charge < -0.3 is 4.74 Å². The summed E-state index contributed by atoms with van der Waals surface area (Å²) in [5, 5.41) is 0.568. The highest BCUT2D eigenvalue weighted by molar-refractivity contribution is 7.89. The topological polar surface area (TPSA) is 84.5 Å². The van der Waals surface area contributed by atoms with Crippen molar-refractivity contribution in [3.05, 3.63) is 58.9 Å². The molecule has 2 aromatic carbocycles. The van der Waals surface area contributed by atoms with Crippen LogP contribution < -0.4 is 15.0 Å². The molecule has 24 heavy (non-hydrogen) atoms. The molecule has 0 aliphatic carbocycles. The summed E-state index contributed by atoms with van der Waals surface area (Å²) in [5.41, 5.74) is 2.79. The molecule has 2 aromatic rings. The summed E-state index contributed by atoms with van der Waals surface area (Å²) in [6.07, 6.45) is 0. The molecule has 0 aliphatic rings. The van der Waals surface area contributed by atoms with E-state index in [1.54, 1.807) is 25.1 Å². The monoisotopic (exact) mass is 372 g/mol. The van der Waals surface area contributed by atoms with E-state index in [0.29, 0.717) is 10.8 Å². The fraction of sp³-hybridized carbons (Fsp3) is 0.133. The fourth-order valence-corrected chi connectivity index (χ4v) is 2.67. The molecule has 6 nitrogen and oxygen atoms in total. The van der Waals surface area contributed by atoms with Crippen LogP contribution in [0.15, 0.2) is 47.4 Å². The lowest BCUT2D eigenvalue weighted by molar-refractivity contribution is -0.123. The van der Waals surface area contributed by atoms with Crippen LogP contribution in [0.5, 0.6) is 5.75 Å². The number of amides is 1. The molecule has 0 aliphatic heterocycles. The van der Waals surface area contributed by atoms with Crippen molar-refractivity contribution in [2.75, 3.05) is 6.61 Å². The standard InChI is InChI=1S/C15H14ClFN2O4S/c1-10-8-12(4-7-14(10)16)23-9-15(20)18-19-24(21,22)13-5-2-11(17)3-6-13/h2-8,19H,9H2,1H3,(H,18,20). The molecule has 0 fully saturated rings. The molecule has 128 valence electrons. The lowest BCUT2D eigenvalue weighted by atomic mass is 10.2. The third kappa shape index (κ3) is 4.92. The Morgan fingerprint density at radius 2 is 1.88 bits per heavy atom. The van der Waals surface area contributed by atoms with Gasteiger partial charge in [-0.15, -0.1) is 4.83 Å².